The number of amidine groups is 1. The normalized spacial score (nSPS) is 16.8. The van der Waals surface area contributed by atoms with Crippen molar-refractivity contribution in [1.29, 1.82) is 5.41 Å². The highest BCUT2D eigenvalue weighted by molar-refractivity contribution is 9.10. The molecule has 3 nitrogen and oxygen atoms in total. The van der Waals surface area contributed by atoms with Gasteiger partial charge in [0.2, 0.25) is 0 Å². The molecule has 4 heteroatoms. The summed E-state index contributed by atoms with van der Waals surface area (Å²) >= 11 is 3.42. The first-order valence-corrected chi connectivity index (χ1v) is 6.77. The predicted octanol–water partition coefficient (Wildman–Crippen LogP) is 3.44. The Kier molecular flexibility index (Phi) is 4.05. The van der Waals surface area contributed by atoms with Crippen LogP contribution in [0.4, 0.5) is 0 Å². The van der Waals surface area contributed by atoms with Crippen LogP contribution in [0.2, 0.25) is 0 Å². The van der Waals surface area contributed by atoms with Gasteiger partial charge < -0.3 is 10.5 Å². The number of hydrogen-bond donors (Lipinski definition) is 2. The van der Waals surface area contributed by atoms with Crippen LogP contribution < -0.4 is 10.5 Å². The third-order valence-electron chi connectivity index (χ3n) is 3.08. The average molecular weight is 297 g/mol. The van der Waals surface area contributed by atoms with Gasteiger partial charge in [-0.25, -0.2) is 0 Å². The molecule has 17 heavy (non-hydrogen) atoms. The molecule has 0 spiro atoms. The number of ether oxygens (including phenoxy) is 1. The Bertz CT molecular complexity index is 414. The summed E-state index contributed by atoms with van der Waals surface area (Å²) in [6.07, 6.45) is 6.24. The van der Waals surface area contributed by atoms with Gasteiger partial charge >= 0.3 is 0 Å². The molecule has 0 bridgehead atoms. The van der Waals surface area contributed by atoms with Gasteiger partial charge in [-0.3, -0.25) is 5.41 Å². The number of halogens is 1. The Morgan fingerprint density at radius 2 is 2.00 bits per heavy atom. The lowest BCUT2D eigenvalue weighted by atomic mass is 9.97. The highest BCUT2D eigenvalue weighted by Gasteiger charge is 2.17. The second-order valence-corrected chi connectivity index (χ2v) is 5.35. The molecule has 2 rings (SSSR count). The monoisotopic (exact) mass is 296 g/mol. The molecule has 1 aliphatic carbocycles. The Labute approximate surface area is 110 Å². The average Bonchev–Trinajstić information content (AvgIpc) is 2.30. The zero-order valence-electron chi connectivity index (χ0n) is 9.71. The van der Waals surface area contributed by atoms with Gasteiger partial charge in [0.25, 0.3) is 0 Å². The van der Waals surface area contributed by atoms with Gasteiger partial charge in [-0.15, -0.1) is 0 Å². The van der Waals surface area contributed by atoms with E-state index in [9.17, 15) is 0 Å². The molecule has 92 valence electrons. The fraction of sp³-hybridized carbons (Fsp3) is 0.462. The zero-order valence-corrected chi connectivity index (χ0v) is 11.3. The Hall–Kier alpha value is -1.03. The topological polar surface area (TPSA) is 59.1 Å². The molecule has 1 fully saturated rings. The Morgan fingerprint density at radius 3 is 2.65 bits per heavy atom. The van der Waals surface area contributed by atoms with Crippen LogP contribution in [-0.4, -0.2) is 11.9 Å². The van der Waals surface area contributed by atoms with Crippen LogP contribution in [0.3, 0.4) is 0 Å². The Balaban J connectivity index is 2.17. The molecule has 0 heterocycles. The van der Waals surface area contributed by atoms with Crippen molar-refractivity contribution in [2.24, 2.45) is 5.73 Å². The summed E-state index contributed by atoms with van der Waals surface area (Å²) in [5.41, 5.74) is 6.24. The molecule has 1 aromatic carbocycles. The molecule has 1 aliphatic rings. The van der Waals surface area contributed by atoms with Crippen molar-refractivity contribution in [3.05, 3.63) is 28.2 Å². The summed E-state index contributed by atoms with van der Waals surface area (Å²) in [6.45, 7) is 0. The summed E-state index contributed by atoms with van der Waals surface area (Å²) in [7, 11) is 0. The fourth-order valence-corrected chi connectivity index (χ4v) is 2.52. The highest BCUT2D eigenvalue weighted by Crippen LogP contribution is 2.28. The molecule has 3 N–H and O–H groups in total. The van der Waals surface area contributed by atoms with E-state index >= 15 is 0 Å². The fourth-order valence-electron chi connectivity index (χ4n) is 2.18. The molecule has 1 saturated carbocycles. The number of nitrogens with one attached hydrogen (secondary N) is 1. The van der Waals surface area contributed by atoms with Gasteiger partial charge in [0.1, 0.15) is 11.6 Å². The second kappa shape index (κ2) is 5.54. The molecule has 0 amide bonds. The first-order valence-electron chi connectivity index (χ1n) is 5.97. The van der Waals surface area contributed by atoms with E-state index in [4.69, 9.17) is 15.9 Å². The highest BCUT2D eigenvalue weighted by atomic mass is 79.9. The maximum absolute atomic E-state index is 7.55. The minimum atomic E-state index is 0.0586. The first kappa shape index (κ1) is 12.4. The molecular weight excluding hydrogens is 280 g/mol. The molecule has 1 aromatic rings. The van der Waals surface area contributed by atoms with Crippen LogP contribution in [0.5, 0.6) is 5.75 Å². The maximum Gasteiger partial charge on any atom is 0.131 e. The van der Waals surface area contributed by atoms with Crippen molar-refractivity contribution < 1.29 is 4.74 Å². The predicted molar refractivity (Wildman–Crippen MR) is 72.7 cm³/mol. The Morgan fingerprint density at radius 1 is 1.29 bits per heavy atom. The van der Waals surface area contributed by atoms with E-state index < -0.39 is 0 Å². The lowest BCUT2D eigenvalue weighted by molar-refractivity contribution is 0.154. The second-order valence-electron chi connectivity index (χ2n) is 4.43. The SMILES string of the molecule is N=C(N)c1ccc(Br)cc1OC1CCCCC1. The number of nitrogen functional groups attached to an aromatic ring is 1. The van der Waals surface area contributed by atoms with Gasteiger partial charge in [0.05, 0.1) is 11.7 Å². The number of nitrogens with two attached hydrogens (primary N) is 1. The van der Waals surface area contributed by atoms with Crippen molar-refractivity contribution >= 4 is 21.8 Å². The van der Waals surface area contributed by atoms with Gasteiger partial charge in [0, 0.05) is 4.47 Å². The summed E-state index contributed by atoms with van der Waals surface area (Å²) in [5, 5.41) is 7.55. The van der Waals surface area contributed by atoms with E-state index in [2.05, 4.69) is 15.9 Å². The van der Waals surface area contributed by atoms with Gasteiger partial charge in [-0.1, -0.05) is 22.4 Å². The number of benzene rings is 1. The van der Waals surface area contributed by atoms with Crippen LogP contribution >= 0.6 is 15.9 Å². The number of rotatable bonds is 3. The van der Waals surface area contributed by atoms with Crippen molar-refractivity contribution in [3.63, 3.8) is 0 Å². The molecular formula is C13H17BrN2O. The van der Waals surface area contributed by atoms with Crippen LogP contribution in [0, 0.1) is 5.41 Å². The van der Waals surface area contributed by atoms with Crippen molar-refractivity contribution in [3.8, 4) is 5.75 Å². The summed E-state index contributed by atoms with van der Waals surface area (Å²) in [6, 6.07) is 5.60. The first-order chi connectivity index (χ1) is 8.16. The maximum atomic E-state index is 7.55. The minimum Gasteiger partial charge on any atom is -0.490 e. The number of hydrogen-bond acceptors (Lipinski definition) is 2. The molecule has 0 atom stereocenters. The summed E-state index contributed by atoms with van der Waals surface area (Å²) in [5.74, 6) is 0.780. The summed E-state index contributed by atoms with van der Waals surface area (Å²) < 4.78 is 6.93. The van der Waals surface area contributed by atoms with E-state index in [1.807, 2.05) is 18.2 Å². The minimum absolute atomic E-state index is 0.0586. The largest absolute Gasteiger partial charge is 0.490 e. The lowest BCUT2D eigenvalue weighted by Crippen LogP contribution is -2.22. The van der Waals surface area contributed by atoms with Gasteiger partial charge in [-0.05, 0) is 43.9 Å². The van der Waals surface area contributed by atoms with E-state index in [1.165, 1.54) is 19.3 Å². The van der Waals surface area contributed by atoms with Crippen LogP contribution in [0.15, 0.2) is 22.7 Å². The van der Waals surface area contributed by atoms with Crippen LogP contribution in [-0.2, 0) is 0 Å². The van der Waals surface area contributed by atoms with E-state index in [1.54, 1.807) is 0 Å². The van der Waals surface area contributed by atoms with Crippen LogP contribution in [0.25, 0.3) is 0 Å². The van der Waals surface area contributed by atoms with Gasteiger partial charge in [-0.2, -0.15) is 0 Å². The van der Waals surface area contributed by atoms with Crippen molar-refractivity contribution in [2.45, 2.75) is 38.2 Å². The summed E-state index contributed by atoms with van der Waals surface area (Å²) in [4.78, 5) is 0. The smallest absolute Gasteiger partial charge is 0.131 e. The lowest BCUT2D eigenvalue weighted by Gasteiger charge is -2.24. The van der Waals surface area contributed by atoms with Gasteiger partial charge in [0.15, 0.2) is 0 Å². The molecule has 0 saturated heterocycles. The molecule has 0 unspecified atom stereocenters. The van der Waals surface area contributed by atoms with E-state index in [0.717, 1.165) is 23.1 Å². The van der Waals surface area contributed by atoms with Crippen LogP contribution in [0.1, 0.15) is 37.7 Å². The molecule has 0 radical (unpaired) electrons. The third-order valence-corrected chi connectivity index (χ3v) is 3.57. The third kappa shape index (κ3) is 3.22. The van der Waals surface area contributed by atoms with Crippen molar-refractivity contribution in [1.82, 2.24) is 0 Å². The van der Waals surface area contributed by atoms with E-state index in [-0.39, 0.29) is 11.9 Å². The molecule has 0 aliphatic heterocycles. The molecule has 0 aromatic heterocycles. The quantitative estimate of drug-likeness (QED) is 0.663. The zero-order chi connectivity index (χ0) is 12.3. The van der Waals surface area contributed by atoms with E-state index in [0.29, 0.717) is 5.56 Å². The standard InChI is InChI=1S/C13H17BrN2O/c14-9-6-7-11(13(15)16)12(8-9)17-10-4-2-1-3-5-10/h6-8,10H,1-5H2,(H3,15,16). The van der Waals surface area contributed by atoms with Crippen molar-refractivity contribution in [2.75, 3.05) is 0 Å².